The number of rotatable bonds is 10. The molecule has 1 amide bonds. The molecule has 0 radical (unpaired) electrons. The van der Waals surface area contributed by atoms with Gasteiger partial charge in [0.15, 0.2) is 0 Å². The molecule has 2 rings (SSSR count). The van der Waals surface area contributed by atoms with Crippen LogP contribution in [0, 0.1) is 5.92 Å². The fraction of sp³-hybridized carbons (Fsp3) is 0.682. The number of amides is 1. The molecule has 4 heteroatoms. The molecule has 0 aliphatic carbocycles. The lowest BCUT2D eigenvalue weighted by atomic mass is 9.94. The van der Waals surface area contributed by atoms with Gasteiger partial charge in [0.2, 0.25) is 0 Å². The van der Waals surface area contributed by atoms with Gasteiger partial charge in [-0.05, 0) is 30.0 Å². The molecule has 1 aromatic rings. The Hall–Kier alpha value is -1.55. The summed E-state index contributed by atoms with van der Waals surface area (Å²) in [6.45, 7) is 7.89. The lowest BCUT2D eigenvalue weighted by molar-refractivity contribution is -0.164. The van der Waals surface area contributed by atoms with Crippen molar-refractivity contribution in [1.29, 1.82) is 0 Å². The number of unbranched alkanes of at least 4 members (excludes halogenated alkanes) is 3. The van der Waals surface area contributed by atoms with Crippen LogP contribution in [0.2, 0.25) is 0 Å². The number of morpholine rings is 1. The highest BCUT2D eigenvalue weighted by Crippen LogP contribution is 2.26. The van der Waals surface area contributed by atoms with E-state index < -0.39 is 0 Å². The van der Waals surface area contributed by atoms with Gasteiger partial charge in [-0.2, -0.15) is 0 Å². The fourth-order valence-electron chi connectivity index (χ4n) is 3.55. The summed E-state index contributed by atoms with van der Waals surface area (Å²) in [6.07, 6.45) is 6.29. The van der Waals surface area contributed by atoms with Crippen molar-refractivity contribution in [3.05, 3.63) is 29.8 Å². The van der Waals surface area contributed by atoms with Crippen molar-refractivity contribution in [2.24, 2.45) is 5.92 Å². The standard InChI is InChI=1S/C22H35NO3/c1-5-7-8-9-10-21-22(24)23(20(16-26-21)17(3)6-2)15-18-11-13-19(25-4)14-12-18/h11-14,17,20-21H,5-10,15-16H2,1-4H3/t17?,20-,21-/m1/s1. The quantitative estimate of drug-likeness (QED) is 0.562. The predicted octanol–water partition coefficient (Wildman–Crippen LogP) is 4.81. The van der Waals surface area contributed by atoms with Crippen molar-refractivity contribution < 1.29 is 14.3 Å². The zero-order chi connectivity index (χ0) is 18.9. The number of ether oxygens (including phenoxy) is 2. The monoisotopic (exact) mass is 361 g/mol. The first-order chi connectivity index (χ1) is 12.6. The average Bonchev–Trinajstić information content (AvgIpc) is 2.67. The van der Waals surface area contributed by atoms with Gasteiger partial charge in [0, 0.05) is 6.54 Å². The number of carbonyl (C=O) groups excluding carboxylic acids is 1. The van der Waals surface area contributed by atoms with Gasteiger partial charge < -0.3 is 14.4 Å². The minimum atomic E-state index is -0.273. The van der Waals surface area contributed by atoms with E-state index in [-0.39, 0.29) is 18.1 Å². The largest absolute Gasteiger partial charge is 0.497 e. The maximum atomic E-state index is 13.1. The minimum Gasteiger partial charge on any atom is -0.497 e. The molecule has 0 bridgehead atoms. The molecule has 4 nitrogen and oxygen atoms in total. The van der Waals surface area contributed by atoms with Crippen molar-refractivity contribution in [2.75, 3.05) is 13.7 Å². The fourth-order valence-corrected chi connectivity index (χ4v) is 3.55. The highest BCUT2D eigenvalue weighted by Gasteiger charge is 2.37. The SMILES string of the molecule is CCCCCC[C@H]1OC[C@H](C(C)CC)N(Cc2ccc(OC)cc2)C1=O. The third-order valence-electron chi connectivity index (χ3n) is 5.56. The Morgan fingerprint density at radius 3 is 2.54 bits per heavy atom. The number of methoxy groups -OCH3 is 1. The smallest absolute Gasteiger partial charge is 0.252 e. The Morgan fingerprint density at radius 1 is 1.19 bits per heavy atom. The molecule has 3 atom stereocenters. The molecule has 1 fully saturated rings. The van der Waals surface area contributed by atoms with E-state index >= 15 is 0 Å². The summed E-state index contributed by atoms with van der Waals surface area (Å²) in [5.74, 6) is 1.43. The number of hydrogen-bond acceptors (Lipinski definition) is 3. The molecule has 1 saturated heterocycles. The first-order valence-electron chi connectivity index (χ1n) is 10.2. The van der Waals surface area contributed by atoms with Crippen LogP contribution in [0.4, 0.5) is 0 Å². The lowest BCUT2D eigenvalue weighted by Gasteiger charge is -2.42. The summed E-state index contributed by atoms with van der Waals surface area (Å²) in [7, 11) is 1.67. The van der Waals surface area contributed by atoms with Crippen molar-refractivity contribution in [3.63, 3.8) is 0 Å². The topological polar surface area (TPSA) is 38.8 Å². The van der Waals surface area contributed by atoms with Gasteiger partial charge in [-0.25, -0.2) is 0 Å². The normalized spacial score (nSPS) is 21.7. The van der Waals surface area contributed by atoms with Crippen molar-refractivity contribution in [1.82, 2.24) is 4.90 Å². The Bertz CT molecular complexity index is 543. The van der Waals surface area contributed by atoms with Crippen LogP contribution in [0.5, 0.6) is 5.75 Å². The third-order valence-corrected chi connectivity index (χ3v) is 5.56. The summed E-state index contributed by atoms with van der Waals surface area (Å²) in [4.78, 5) is 15.2. The van der Waals surface area contributed by atoms with Crippen molar-refractivity contribution in [2.45, 2.75) is 78.0 Å². The van der Waals surface area contributed by atoms with Crippen molar-refractivity contribution in [3.8, 4) is 5.75 Å². The Labute approximate surface area is 158 Å². The van der Waals surface area contributed by atoms with Crippen LogP contribution < -0.4 is 4.74 Å². The predicted molar refractivity (Wildman–Crippen MR) is 105 cm³/mol. The molecule has 1 aromatic carbocycles. The van der Waals surface area contributed by atoms with Gasteiger partial charge in [-0.15, -0.1) is 0 Å². The molecule has 1 heterocycles. The van der Waals surface area contributed by atoms with Crippen LogP contribution in [-0.4, -0.2) is 36.7 Å². The number of nitrogens with zero attached hydrogens (tertiary/aromatic N) is 1. The Kier molecular flexibility index (Phi) is 8.43. The zero-order valence-electron chi connectivity index (χ0n) is 16.9. The van der Waals surface area contributed by atoms with E-state index in [1.165, 1.54) is 19.3 Å². The van der Waals surface area contributed by atoms with E-state index in [1.807, 2.05) is 24.3 Å². The lowest BCUT2D eigenvalue weighted by Crippen LogP contribution is -2.55. The van der Waals surface area contributed by atoms with E-state index in [0.717, 1.165) is 30.6 Å². The third kappa shape index (κ3) is 5.47. The zero-order valence-corrected chi connectivity index (χ0v) is 16.9. The number of benzene rings is 1. The van der Waals surface area contributed by atoms with Gasteiger partial charge >= 0.3 is 0 Å². The first kappa shape index (κ1) is 20.8. The second-order valence-corrected chi connectivity index (χ2v) is 7.44. The van der Waals surface area contributed by atoms with Gasteiger partial charge in [0.1, 0.15) is 11.9 Å². The van der Waals surface area contributed by atoms with Crippen LogP contribution in [0.1, 0.15) is 64.9 Å². The molecule has 1 unspecified atom stereocenters. The van der Waals surface area contributed by atoms with Crippen LogP contribution >= 0.6 is 0 Å². The Balaban J connectivity index is 2.07. The first-order valence-corrected chi connectivity index (χ1v) is 10.2. The van der Waals surface area contributed by atoms with E-state index in [0.29, 0.717) is 19.1 Å². The summed E-state index contributed by atoms with van der Waals surface area (Å²) >= 11 is 0. The average molecular weight is 362 g/mol. The summed E-state index contributed by atoms with van der Waals surface area (Å²) in [6, 6.07) is 8.17. The molecular weight excluding hydrogens is 326 g/mol. The van der Waals surface area contributed by atoms with Crippen LogP contribution in [-0.2, 0) is 16.1 Å². The molecule has 1 aliphatic rings. The van der Waals surface area contributed by atoms with Crippen molar-refractivity contribution >= 4 is 5.91 Å². The van der Waals surface area contributed by atoms with E-state index in [2.05, 4.69) is 25.7 Å². The van der Waals surface area contributed by atoms with Gasteiger partial charge in [-0.1, -0.05) is 65.0 Å². The molecule has 1 aliphatic heterocycles. The van der Waals surface area contributed by atoms with Crippen LogP contribution in [0.25, 0.3) is 0 Å². The second kappa shape index (κ2) is 10.6. The minimum absolute atomic E-state index is 0.154. The summed E-state index contributed by atoms with van der Waals surface area (Å²) in [5.41, 5.74) is 1.14. The molecule has 0 N–H and O–H groups in total. The van der Waals surface area contributed by atoms with E-state index in [4.69, 9.17) is 9.47 Å². The van der Waals surface area contributed by atoms with Gasteiger partial charge in [0.25, 0.3) is 5.91 Å². The van der Waals surface area contributed by atoms with Gasteiger partial charge in [-0.3, -0.25) is 4.79 Å². The number of hydrogen-bond donors (Lipinski definition) is 0. The summed E-state index contributed by atoms with van der Waals surface area (Å²) in [5, 5.41) is 0. The van der Waals surface area contributed by atoms with Crippen LogP contribution in [0.15, 0.2) is 24.3 Å². The maximum absolute atomic E-state index is 13.1. The van der Waals surface area contributed by atoms with E-state index in [1.54, 1.807) is 7.11 Å². The highest BCUT2D eigenvalue weighted by molar-refractivity contribution is 5.82. The molecule has 146 valence electrons. The molecule has 26 heavy (non-hydrogen) atoms. The molecule has 0 spiro atoms. The number of carbonyl (C=O) groups is 1. The highest BCUT2D eigenvalue weighted by atomic mass is 16.5. The molecular formula is C22H35NO3. The van der Waals surface area contributed by atoms with Crippen LogP contribution in [0.3, 0.4) is 0 Å². The van der Waals surface area contributed by atoms with Gasteiger partial charge in [0.05, 0.1) is 19.8 Å². The van der Waals surface area contributed by atoms with E-state index in [9.17, 15) is 4.79 Å². The second-order valence-electron chi connectivity index (χ2n) is 7.44. The molecule has 0 saturated carbocycles. The summed E-state index contributed by atoms with van der Waals surface area (Å²) < 4.78 is 11.2. The Morgan fingerprint density at radius 2 is 1.92 bits per heavy atom. The maximum Gasteiger partial charge on any atom is 0.252 e. The molecule has 0 aromatic heterocycles.